The normalized spacial score (nSPS) is 15.2. The molecular formula is C28H24ClN3O4. The topological polar surface area (TPSA) is 84.0 Å². The van der Waals surface area contributed by atoms with E-state index in [1.54, 1.807) is 32.4 Å². The Morgan fingerprint density at radius 2 is 1.75 bits per heavy atom. The molecule has 1 N–H and O–H groups in total. The summed E-state index contributed by atoms with van der Waals surface area (Å²) in [5.41, 5.74) is 3.74. The van der Waals surface area contributed by atoms with Crippen LogP contribution in [0.15, 0.2) is 76.6 Å². The number of aromatic nitrogens is 1. The number of hydrogen-bond acceptors (Lipinski definition) is 5. The Morgan fingerprint density at radius 3 is 2.44 bits per heavy atom. The van der Waals surface area contributed by atoms with Gasteiger partial charge in [-0.2, -0.15) is 5.10 Å². The van der Waals surface area contributed by atoms with Gasteiger partial charge >= 0.3 is 0 Å². The summed E-state index contributed by atoms with van der Waals surface area (Å²) < 4.78 is 10.8. The molecule has 5 rings (SSSR count). The molecule has 0 spiro atoms. The van der Waals surface area contributed by atoms with Crippen molar-refractivity contribution in [3.05, 3.63) is 93.2 Å². The number of nitrogens with zero attached hydrogens (tertiary/aromatic N) is 2. The van der Waals surface area contributed by atoms with Gasteiger partial charge in [0.15, 0.2) is 11.5 Å². The van der Waals surface area contributed by atoms with Gasteiger partial charge in [0.25, 0.3) is 5.56 Å². The fourth-order valence-corrected chi connectivity index (χ4v) is 4.89. The van der Waals surface area contributed by atoms with Crippen LogP contribution in [0.2, 0.25) is 5.02 Å². The Morgan fingerprint density at radius 1 is 1.00 bits per heavy atom. The van der Waals surface area contributed by atoms with Crippen LogP contribution in [0.25, 0.3) is 22.0 Å². The number of benzene rings is 3. The van der Waals surface area contributed by atoms with Gasteiger partial charge in [-0.25, -0.2) is 5.01 Å². The predicted octanol–water partition coefficient (Wildman–Crippen LogP) is 5.56. The number of pyridine rings is 1. The van der Waals surface area contributed by atoms with Gasteiger partial charge in [-0.15, -0.1) is 0 Å². The summed E-state index contributed by atoms with van der Waals surface area (Å²) in [6, 6.07) is 20.1. The highest BCUT2D eigenvalue weighted by Crippen LogP contribution is 2.39. The minimum absolute atomic E-state index is 0.230. The van der Waals surface area contributed by atoms with E-state index in [9.17, 15) is 9.59 Å². The zero-order chi connectivity index (χ0) is 25.4. The van der Waals surface area contributed by atoms with Crippen molar-refractivity contribution in [2.24, 2.45) is 5.10 Å². The Balaban J connectivity index is 1.70. The van der Waals surface area contributed by atoms with Crippen molar-refractivity contribution in [2.75, 3.05) is 14.2 Å². The average Bonchev–Trinajstić information content (AvgIpc) is 3.33. The minimum atomic E-state index is -0.407. The molecule has 0 fully saturated rings. The van der Waals surface area contributed by atoms with Crippen LogP contribution in [-0.2, 0) is 4.79 Å². The Kier molecular flexibility index (Phi) is 6.24. The summed E-state index contributed by atoms with van der Waals surface area (Å²) in [6.45, 7) is 1.46. The minimum Gasteiger partial charge on any atom is -0.493 e. The van der Waals surface area contributed by atoms with E-state index in [0.29, 0.717) is 39.7 Å². The van der Waals surface area contributed by atoms with Crippen LogP contribution >= 0.6 is 11.6 Å². The first kappa shape index (κ1) is 23.6. The molecule has 7 nitrogen and oxygen atoms in total. The molecule has 4 aromatic rings. The number of carbonyl (C=O) groups excluding carboxylic acids is 1. The second-order valence-corrected chi connectivity index (χ2v) is 8.94. The van der Waals surface area contributed by atoms with E-state index in [0.717, 1.165) is 22.1 Å². The van der Waals surface area contributed by atoms with Crippen LogP contribution in [0.3, 0.4) is 0 Å². The van der Waals surface area contributed by atoms with Gasteiger partial charge in [-0.05, 0) is 41.5 Å². The Labute approximate surface area is 212 Å². The Bertz CT molecular complexity index is 1560. The molecule has 182 valence electrons. The molecule has 0 saturated heterocycles. The largest absolute Gasteiger partial charge is 0.493 e. The summed E-state index contributed by atoms with van der Waals surface area (Å²) in [5, 5.41) is 7.44. The highest BCUT2D eigenvalue weighted by Gasteiger charge is 2.34. The van der Waals surface area contributed by atoms with Crippen molar-refractivity contribution in [1.29, 1.82) is 0 Å². The van der Waals surface area contributed by atoms with Gasteiger partial charge in [-0.1, -0.05) is 48.0 Å². The number of hydrazone groups is 1. The number of hydrogen-bond donors (Lipinski definition) is 1. The molecule has 1 atom stereocenters. The Hall–Kier alpha value is -4.10. The maximum Gasteiger partial charge on any atom is 0.258 e. The molecule has 0 aliphatic carbocycles. The van der Waals surface area contributed by atoms with E-state index < -0.39 is 6.04 Å². The van der Waals surface area contributed by atoms with Gasteiger partial charge in [0.2, 0.25) is 5.91 Å². The van der Waals surface area contributed by atoms with Crippen molar-refractivity contribution in [2.45, 2.75) is 19.4 Å². The second-order valence-electron chi connectivity index (χ2n) is 8.50. The van der Waals surface area contributed by atoms with Gasteiger partial charge in [0.05, 0.1) is 31.5 Å². The number of aromatic amines is 1. The number of ether oxygens (including phenoxy) is 2. The smallest absolute Gasteiger partial charge is 0.258 e. The summed E-state index contributed by atoms with van der Waals surface area (Å²) >= 11 is 6.35. The van der Waals surface area contributed by atoms with Crippen LogP contribution in [-0.4, -0.2) is 35.8 Å². The van der Waals surface area contributed by atoms with Gasteiger partial charge in [-0.3, -0.25) is 9.59 Å². The van der Waals surface area contributed by atoms with E-state index in [-0.39, 0.29) is 11.5 Å². The first-order valence-electron chi connectivity index (χ1n) is 11.4. The second kappa shape index (κ2) is 9.51. The third-order valence-electron chi connectivity index (χ3n) is 6.35. The summed E-state index contributed by atoms with van der Waals surface area (Å²) in [5.74, 6) is 0.908. The third-order valence-corrected chi connectivity index (χ3v) is 6.59. The molecular weight excluding hydrogens is 478 g/mol. The number of methoxy groups -OCH3 is 2. The molecule has 8 heteroatoms. The van der Waals surface area contributed by atoms with E-state index in [2.05, 4.69) is 10.1 Å². The van der Waals surface area contributed by atoms with E-state index in [4.69, 9.17) is 21.1 Å². The lowest BCUT2D eigenvalue weighted by atomic mass is 9.91. The molecule has 1 aliphatic rings. The van der Waals surface area contributed by atoms with E-state index >= 15 is 0 Å². The quantitative estimate of drug-likeness (QED) is 0.388. The van der Waals surface area contributed by atoms with Crippen LogP contribution in [0.4, 0.5) is 0 Å². The van der Waals surface area contributed by atoms with Gasteiger partial charge < -0.3 is 14.5 Å². The number of halogens is 1. The number of H-pyrrole nitrogens is 1. The number of fused-ring (bicyclic) bond motifs is 1. The molecule has 0 bridgehead atoms. The van der Waals surface area contributed by atoms with Crippen molar-refractivity contribution in [3.63, 3.8) is 0 Å². The lowest BCUT2D eigenvalue weighted by molar-refractivity contribution is -0.130. The van der Waals surface area contributed by atoms with Crippen LogP contribution in [0.1, 0.15) is 30.5 Å². The van der Waals surface area contributed by atoms with E-state index in [1.165, 1.54) is 11.9 Å². The number of amides is 1. The lowest BCUT2D eigenvalue weighted by Gasteiger charge is -2.21. The first-order chi connectivity index (χ1) is 17.4. The van der Waals surface area contributed by atoms with E-state index in [1.807, 2.05) is 48.5 Å². The summed E-state index contributed by atoms with van der Waals surface area (Å²) in [7, 11) is 3.13. The molecule has 3 aromatic carbocycles. The summed E-state index contributed by atoms with van der Waals surface area (Å²) in [6.07, 6.45) is 0.351. The highest BCUT2D eigenvalue weighted by molar-refractivity contribution is 6.31. The molecule has 0 radical (unpaired) electrons. The van der Waals surface area contributed by atoms with Crippen molar-refractivity contribution < 1.29 is 14.3 Å². The fraction of sp³-hybridized carbons (Fsp3) is 0.179. The van der Waals surface area contributed by atoms with Crippen LogP contribution < -0.4 is 15.0 Å². The SMILES string of the molecule is COc1ccc([C@H]2CC(c3c(-c4ccccc4)c4cc(Cl)ccc4[nH]c3=O)=NN2C(C)=O)cc1OC. The lowest BCUT2D eigenvalue weighted by Crippen LogP contribution is -2.24. The number of nitrogens with one attached hydrogen (secondary N) is 1. The molecule has 2 heterocycles. The molecule has 1 amide bonds. The van der Waals surface area contributed by atoms with Crippen molar-refractivity contribution >= 4 is 34.1 Å². The molecule has 0 unspecified atom stereocenters. The predicted molar refractivity (Wildman–Crippen MR) is 141 cm³/mol. The zero-order valence-corrected chi connectivity index (χ0v) is 20.8. The number of carbonyl (C=O) groups is 1. The maximum atomic E-state index is 13.5. The molecule has 36 heavy (non-hydrogen) atoms. The standard InChI is InChI=1S/C28H24ClN3O4/c1-16(33)32-23(18-9-12-24(35-2)25(13-18)36-3)15-22(31-32)27-26(17-7-5-4-6-8-17)20-14-19(29)10-11-21(20)30-28(27)34/h4-14,23H,15H2,1-3H3,(H,30,34)/t23-/m1/s1. The summed E-state index contributed by atoms with van der Waals surface area (Å²) in [4.78, 5) is 29.1. The fourth-order valence-electron chi connectivity index (χ4n) is 4.72. The van der Waals surface area contributed by atoms with Gasteiger partial charge in [0, 0.05) is 34.8 Å². The highest BCUT2D eigenvalue weighted by atomic mass is 35.5. The zero-order valence-electron chi connectivity index (χ0n) is 20.0. The molecule has 0 saturated carbocycles. The number of rotatable bonds is 5. The van der Waals surface area contributed by atoms with Gasteiger partial charge in [0.1, 0.15) is 0 Å². The molecule has 1 aromatic heterocycles. The maximum absolute atomic E-state index is 13.5. The monoisotopic (exact) mass is 501 g/mol. The third kappa shape index (κ3) is 4.12. The van der Waals surface area contributed by atoms with Crippen LogP contribution in [0, 0.1) is 0 Å². The molecule has 1 aliphatic heterocycles. The van der Waals surface area contributed by atoms with Crippen molar-refractivity contribution in [3.8, 4) is 22.6 Å². The van der Waals surface area contributed by atoms with Crippen LogP contribution in [0.5, 0.6) is 11.5 Å². The van der Waals surface area contributed by atoms with Crippen molar-refractivity contribution in [1.82, 2.24) is 9.99 Å². The first-order valence-corrected chi connectivity index (χ1v) is 11.8. The average molecular weight is 502 g/mol.